The number of rotatable bonds is 11. The number of para-hydroxylation sites is 1. The minimum atomic E-state index is -3.02. The Kier molecular flexibility index (Phi) is 9.85. The van der Waals surface area contributed by atoms with Gasteiger partial charge < -0.3 is 19.7 Å². The molecule has 0 heterocycles. The number of nitrogens with one attached hydrogen (secondary N) is 1. The lowest BCUT2D eigenvalue weighted by Crippen LogP contribution is -2.40. The van der Waals surface area contributed by atoms with E-state index in [9.17, 15) is 18.4 Å². The number of nitrogens with zero attached hydrogens (tertiary/aromatic N) is 1. The Morgan fingerprint density at radius 1 is 1.26 bits per heavy atom. The second-order valence-corrected chi connectivity index (χ2v) is 5.70. The van der Waals surface area contributed by atoms with Gasteiger partial charge in [-0.15, -0.1) is 0 Å². The first-order chi connectivity index (χ1) is 12.9. The van der Waals surface area contributed by atoms with E-state index in [0.717, 1.165) is 6.42 Å². The van der Waals surface area contributed by atoms with Gasteiger partial charge in [-0.3, -0.25) is 9.59 Å². The number of alkyl halides is 2. The van der Waals surface area contributed by atoms with Gasteiger partial charge in [-0.25, -0.2) is 0 Å². The number of hydrogen-bond acceptors (Lipinski definition) is 4. The third-order valence-electron chi connectivity index (χ3n) is 3.55. The molecular formula is C19H26F2N2O4. The van der Waals surface area contributed by atoms with E-state index in [1.165, 1.54) is 36.3 Å². The van der Waals surface area contributed by atoms with Crippen molar-refractivity contribution in [1.29, 1.82) is 0 Å². The predicted molar refractivity (Wildman–Crippen MR) is 98.8 cm³/mol. The largest absolute Gasteiger partial charge is 0.493 e. The van der Waals surface area contributed by atoms with Crippen LogP contribution < -0.4 is 14.8 Å². The molecule has 1 aromatic carbocycles. The molecule has 1 aromatic rings. The van der Waals surface area contributed by atoms with Gasteiger partial charge >= 0.3 is 6.61 Å². The van der Waals surface area contributed by atoms with E-state index in [0.29, 0.717) is 19.5 Å². The number of amides is 2. The Balaban J connectivity index is 2.94. The number of methoxy groups -OCH3 is 1. The van der Waals surface area contributed by atoms with Crippen LogP contribution in [0.4, 0.5) is 8.78 Å². The highest BCUT2D eigenvalue weighted by molar-refractivity contribution is 5.94. The third-order valence-corrected chi connectivity index (χ3v) is 3.55. The molecule has 8 heteroatoms. The van der Waals surface area contributed by atoms with Crippen LogP contribution in [0.25, 0.3) is 6.08 Å². The zero-order valence-corrected chi connectivity index (χ0v) is 15.8. The molecule has 150 valence electrons. The van der Waals surface area contributed by atoms with Gasteiger partial charge in [0.1, 0.15) is 0 Å². The van der Waals surface area contributed by atoms with Crippen molar-refractivity contribution in [3.05, 3.63) is 29.8 Å². The van der Waals surface area contributed by atoms with Crippen molar-refractivity contribution in [3.63, 3.8) is 0 Å². The van der Waals surface area contributed by atoms with Crippen molar-refractivity contribution in [3.8, 4) is 11.5 Å². The summed E-state index contributed by atoms with van der Waals surface area (Å²) in [5, 5.41) is 2.72. The zero-order chi connectivity index (χ0) is 20.2. The lowest BCUT2D eigenvalue weighted by atomic mass is 10.1. The summed E-state index contributed by atoms with van der Waals surface area (Å²) in [4.78, 5) is 25.7. The van der Waals surface area contributed by atoms with E-state index in [2.05, 4.69) is 10.1 Å². The summed E-state index contributed by atoms with van der Waals surface area (Å²) in [6, 6.07) is 4.61. The number of hydrogen-bond donors (Lipinski definition) is 1. The summed E-state index contributed by atoms with van der Waals surface area (Å²) < 4.78 is 34.9. The van der Waals surface area contributed by atoms with E-state index in [1.807, 2.05) is 13.8 Å². The van der Waals surface area contributed by atoms with E-state index >= 15 is 0 Å². The average molecular weight is 384 g/mol. The molecule has 0 radical (unpaired) electrons. The first-order valence-corrected chi connectivity index (χ1v) is 8.78. The van der Waals surface area contributed by atoms with Crippen LogP contribution in [-0.2, 0) is 9.59 Å². The van der Waals surface area contributed by atoms with Gasteiger partial charge in [0.2, 0.25) is 11.8 Å². The number of ether oxygens (including phenoxy) is 2. The van der Waals surface area contributed by atoms with Gasteiger partial charge in [0.25, 0.3) is 0 Å². The highest BCUT2D eigenvalue weighted by Crippen LogP contribution is 2.33. The van der Waals surface area contributed by atoms with E-state index in [-0.39, 0.29) is 29.5 Å². The van der Waals surface area contributed by atoms with E-state index in [4.69, 9.17) is 4.74 Å². The fourth-order valence-electron chi connectivity index (χ4n) is 2.34. The third kappa shape index (κ3) is 7.64. The summed E-state index contributed by atoms with van der Waals surface area (Å²) in [6.07, 6.45) is 4.08. The second kappa shape index (κ2) is 11.9. The molecular weight excluding hydrogens is 358 g/mol. The van der Waals surface area contributed by atoms with Crippen molar-refractivity contribution in [2.45, 2.75) is 33.3 Å². The number of benzene rings is 1. The second-order valence-electron chi connectivity index (χ2n) is 5.70. The Labute approximate surface area is 158 Å². The molecule has 0 aliphatic rings. The summed E-state index contributed by atoms with van der Waals surface area (Å²) in [5.74, 6) is -0.652. The highest BCUT2D eigenvalue weighted by atomic mass is 19.3. The summed E-state index contributed by atoms with van der Waals surface area (Å²) in [7, 11) is 1.34. The molecule has 0 saturated heterocycles. The Bertz CT molecular complexity index is 651. The van der Waals surface area contributed by atoms with Crippen molar-refractivity contribution < 1.29 is 27.8 Å². The monoisotopic (exact) mass is 384 g/mol. The lowest BCUT2D eigenvalue weighted by Gasteiger charge is -2.20. The lowest BCUT2D eigenvalue weighted by molar-refractivity contribution is -0.132. The molecule has 0 spiro atoms. The van der Waals surface area contributed by atoms with Crippen LogP contribution in [0.3, 0.4) is 0 Å². The Hall–Kier alpha value is -2.64. The van der Waals surface area contributed by atoms with Gasteiger partial charge in [0.15, 0.2) is 11.5 Å². The molecule has 6 nitrogen and oxygen atoms in total. The van der Waals surface area contributed by atoms with E-state index in [1.54, 1.807) is 6.07 Å². The molecule has 0 fully saturated rings. The fourth-order valence-corrected chi connectivity index (χ4v) is 2.34. The minimum absolute atomic E-state index is 0.0600. The summed E-state index contributed by atoms with van der Waals surface area (Å²) in [5.41, 5.74) is 0.273. The normalized spacial score (nSPS) is 10.9. The molecule has 0 aliphatic heterocycles. The van der Waals surface area contributed by atoms with Crippen molar-refractivity contribution in [2.75, 3.05) is 26.7 Å². The SMILES string of the molecule is CCCNC(=O)CN(CCC)C(=O)C=Cc1cccc(OC)c1OC(F)F. The molecule has 0 saturated carbocycles. The maximum atomic E-state index is 12.7. The van der Waals surface area contributed by atoms with E-state index < -0.39 is 12.5 Å². The zero-order valence-electron chi connectivity index (χ0n) is 15.8. The van der Waals surface area contributed by atoms with Crippen LogP contribution >= 0.6 is 0 Å². The van der Waals surface area contributed by atoms with Gasteiger partial charge in [-0.05, 0) is 25.0 Å². The maximum absolute atomic E-state index is 12.7. The van der Waals surface area contributed by atoms with Crippen LogP contribution in [0.5, 0.6) is 11.5 Å². The minimum Gasteiger partial charge on any atom is -0.493 e. The summed E-state index contributed by atoms with van der Waals surface area (Å²) >= 11 is 0. The first-order valence-electron chi connectivity index (χ1n) is 8.78. The standard InChI is InChI=1S/C19H26F2N2O4/c1-4-11-22-16(24)13-23(12-5-2)17(25)10-9-14-7-6-8-15(26-3)18(14)27-19(20)21/h6-10,19H,4-5,11-13H2,1-3H3,(H,22,24). The van der Waals surface area contributed by atoms with Crippen molar-refractivity contribution in [1.82, 2.24) is 10.2 Å². The van der Waals surface area contributed by atoms with Crippen LogP contribution in [0.1, 0.15) is 32.3 Å². The Morgan fingerprint density at radius 3 is 2.59 bits per heavy atom. The molecule has 0 bridgehead atoms. The molecule has 0 atom stereocenters. The molecule has 0 aromatic heterocycles. The molecule has 0 unspecified atom stereocenters. The predicted octanol–water partition coefficient (Wildman–Crippen LogP) is 3.07. The molecule has 0 aliphatic carbocycles. The smallest absolute Gasteiger partial charge is 0.387 e. The first kappa shape index (κ1) is 22.4. The van der Waals surface area contributed by atoms with Gasteiger partial charge in [-0.2, -0.15) is 8.78 Å². The van der Waals surface area contributed by atoms with Gasteiger partial charge in [0.05, 0.1) is 13.7 Å². The number of carbonyl (C=O) groups is 2. The topological polar surface area (TPSA) is 67.9 Å². The van der Waals surface area contributed by atoms with Crippen molar-refractivity contribution in [2.24, 2.45) is 0 Å². The average Bonchev–Trinajstić information content (AvgIpc) is 2.64. The molecule has 27 heavy (non-hydrogen) atoms. The van der Waals surface area contributed by atoms with Crippen LogP contribution in [0, 0.1) is 0 Å². The number of halogens is 2. The molecule has 1 N–H and O–H groups in total. The highest BCUT2D eigenvalue weighted by Gasteiger charge is 2.16. The number of carbonyl (C=O) groups excluding carboxylic acids is 2. The van der Waals surface area contributed by atoms with Gasteiger partial charge in [-0.1, -0.05) is 26.0 Å². The fraction of sp³-hybridized carbons (Fsp3) is 0.474. The quantitative estimate of drug-likeness (QED) is 0.596. The van der Waals surface area contributed by atoms with Crippen LogP contribution in [0.15, 0.2) is 24.3 Å². The maximum Gasteiger partial charge on any atom is 0.387 e. The molecule has 1 rings (SSSR count). The summed E-state index contributed by atoms with van der Waals surface area (Å²) in [6.45, 7) is 1.69. The van der Waals surface area contributed by atoms with Crippen LogP contribution in [-0.4, -0.2) is 50.1 Å². The van der Waals surface area contributed by atoms with Crippen LogP contribution in [0.2, 0.25) is 0 Å². The Morgan fingerprint density at radius 2 is 2.00 bits per heavy atom. The van der Waals surface area contributed by atoms with Crippen molar-refractivity contribution >= 4 is 17.9 Å². The van der Waals surface area contributed by atoms with Gasteiger partial charge in [0, 0.05) is 24.7 Å². The molecule has 2 amide bonds.